The number of nitrogens with zero attached hydrogens (tertiary/aromatic N) is 5. The summed E-state index contributed by atoms with van der Waals surface area (Å²) < 4.78 is 0. The summed E-state index contributed by atoms with van der Waals surface area (Å²) in [5.41, 5.74) is 1.25. The first-order valence-corrected chi connectivity index (χ1v) is 11.0. The van der Waals surface area contributed by atoms with Gasteiger partial charge in [0, 0.05) is 46.2 Å². The number of hydrogen-bond donors (Lipinski definition) is 1. The van der Waals surface area contributed by atoms with Gasteiger partial charge in [-0.1, -0.05) is 37.3 Å². The van der Waals surface area contributed by atoms with Gasteiger partial charge in [-0.25, -0.2) is 9.79 Å². The van der Waals surface area contributed by atoms with Crippen molar-refractivity contribution in [1.29, 1.82) is 0 Å². The van der Waals surface area contributed by atoms with Crippen molar-refractivity contribution in [3.05, 3.63) is 35.9 Å². The van der Waals surface area contributed by atoms with E-state index in [1.165, 1.54) is 10.5 Å². The van der Waals surface area contributed by atoms with Crippen molar-refractivity contribution in [2.75, 3.05) is 39.8 Å². The number of fused-ring (bicyclic) bond motifs is 1. The summed E-state index contributed by atoms with van der Waals surface area (Å²) in [6.45, 7) is 5.15. The largest absolute Gasteiger partial charge is 0.339 e. The van der Waals surface area contributed by atoms with Gasteiger partial charge >= 0.3 is 6.03 Å². The zero-order chi connectivity index (χ0) is 22.0. The lowest BCUT2D eigenvalue weighted by atomic mass is 10.1. The summed E-state index contributed by atoms with van der Waals surface area (Å²) in [5, 5.41) is 2.45. The third-order valence-corrected chi connectivity index (χ3v) is 6.26. The van der Waals surface area contributed by atoms with E-state index in [2.05, 4.69) is 22.3 Å². The lowest BCUT2D eigenvalue weighted by Crippen LogP contribution is -2.64. The van der Waals surface area contributed by atoms with E-state index >= 15 is 0 Å². The predicted molar refractivity (Wildman–Crippen MR) is 116 cm³/mol. The predicted octanol–water partition coefficient (Wildman–Crippen LogP) is 0.721. The maximum absolute atomic E-state index is 12.7. The summed E-state index contributed by atoms with van der Waals surface area (Å²) in [7, 11) is 1.67. The lowest BCUT2D eigenvalue weighted by Gasteiger charge is -2.40. The smallest absolute Gasteiger partial charge is 0.325 e. The van der Waals surface area contributed by atoms with Crippen LogP contribution < -0.4 is 5.32 Å². The second-order valence-corrected chi connectivity index (χ2v) is 8.20. The van der Waals surface area contributed by atoms with E-state index in [0.717, 1.165) is 18.8 Å². The number of rotatable bonds is 5. The van der Waals surface area contributed by atoms with Crippen LogP contribution in [0, 0.1) is 0 Å². The molecule has 31 heavy (non-hydrogen) atoms. The highest BCUT2D eigenvalue weighted by molar-refractivity contribution is 6.03. The molecule has 3 aliphatic rings. The molecule has 2 fully saturated rings. The van der Waals surface area contributed by atoms with Crippen LogP contribution in [-0.4, -0.2) is 95.4 Å². The Morgan fingerprint density at radius 3 is 2.52 bits per heavy atom. The van der Waals surface area contributed by atoms with E-state index in [0.29, 0.717) is 39.1 Å². The van der Waals surface area contributed by atoms with Crippen molar-refractivity contribution >= 4 is 23.8 Å². The van der Waals surface area contributed by atoms with Crippen molar-refractivity contribution in [2.45, 2.75) is 38.4 Å². The number of guanidine groups is 1. The van der Waals surface area contributed by atoms with Crippen molar-refractivity contribution in [3.8, 4) is 0 Å². The number of imide groups is 1. The van der Waals surface area contributed by atoms with Crippen LogP contribution in [0.25, 0.3) is 0 Å². The molecule has 2 saturated heterocycles. The molecule has 1 aromatic rings. The van der Waals surface area contributed by atoms with Crippen LogP contribution in [-0.2, 0) is 16.0 Å². The number of aliphatic imine (C=N–C) groups is 1. The first-order valence-electron chi connectivity index (χ1n) is 11.0. The Bertz CT molecular complexity index is 865. The number of hydrogen-bond acceptors (Lipinski definition) is 6. The first kappa shape index (κ1) is 21.1. The second kappa shape index (κ2) is 8.95. The highest BCUT2D eigenvalue weighted by Crippen LogP contribution is 2.26. The van der Waals surface area contributed by atoms with E-state index in [1.807, 2.05) is 34.9 Å². The number of carbonyl (C=O) groups excluding carboxylic acids is 3. The Balaban J connectivity index is 1.50. The maximum atomic E-state index is 12.7. The molecule has 0 radical (unpaired) electrons. The average Bonchev–Trinajstić information content (AvgIpc) is 3.18. The lowest BCUT2D eigenvalue weighted by molar-refractivity contribution is -0.132. The summed E-state index contributed by atoms with van der Waals surface area (Å²) in [6, 6.07) is 9.32. The van der Waals surface area contributed by atoms with Crippen LogP contribution in [0.15, 0.2) is 35.3 Å². The normalized spacial score (nSPS) is 23.6. The summed E-state index contributed by atoms with van der Waals surface area (Å²) >= 11 is 0. The molecule has 2 unspecified atom stereocenters. The molecule has 9 heteroatoms. The van der Waals surface area contributed by atoms with Gasteiger partial charge in [0.2, 0.25) is 5.91 Å². The molecule has 3 aliphatic heterocycles. The van der Waals surface area contributed by atoms with Crippen LogP contribution >= 0.6 is 0 Å². The fourth-order valence-corrected chi connectivity index (χ4v) is 4.49. The Kier molecular flexibility index (Phi) is 6.11. The standard InChI is InChI=1S/C22H30N6O3/c1-3-17(29)26-12-14-27(15-13-26)21-23-19-18(20(30)24-22(31)25(19)2)28(21)11-7-10-16-8-5-4-6-9-16/h4-6,8-9,18-19H,3,7,10-15H2,1-2H3,(H,24,30,31). The Hall–Kier alpha value is -3.10. The van der Waals surface area contributed by atoms with Gasteiger partial charge in [0.25, 0.3) is 5.91 Å². The molecular weight excluding hydrogens is 396 g/mol. The summed E-state index contributed by atoms with van der Waals surface area (Å²) in [6.07, 6.45) is 1.75. The molecule has 166 valence electrons. The molecule has 2 atom stereocenters. The van der Waals surface area contributed by atoms with Crippen molar-refractivity contribution in [2.24, 2.45) is 4.99 Å². The Morgan fingerprint density at radius 1 is 1.13 bits per heavy atom. The number of aryl methyl sites for hydroxylation is 1. The molecule has 4 amide bonds. The van der Waals surface area contributed by atoms with E-state index in [9.17, 15) is 14.4 Å². The van der Waals surface area contributed by atoms with Gasteiger partial charge < -0.3 is 19.6 Å². The molecular formula is C22H30N6O3. The average molecular weight is 427 g/mol. The number of carbonyl (C=O) groups is 3. The number of urea groups is 1. The SMILES string of the molecule is CCC(=O)N1CCN(C2=NC3C(C(=O)NC(=O)N3C)N2CCCc2ccccc2)CC1. The van der Waals surface area contributed by atoms with Gasteiger partial charge in [-0.05, 0) is 18.4 Å². The van der Waals surface area contributed by atoms with Gasteiger partial charge in [0.05, 0.1) is 0 Å². The van der Waals surface area contributed by atoms with Gasteiger partial charge in [0.1, 0.15) is 0 Å². The van der Waals surface area contributed by atoms with Crippen LogP contribution in [0.3, 0.4) is 0 Å². The van der Waals surface area contributed by atoms with Gasteiger partial charge in [0.15, 0.2) is 18.2 Å². The summed E-state index contributed by atoms with van der Waals surface area (Å²) in [4.78, 5) is 49.3. The molecule has 0 bridgehead atoms. The van der Waals surface area contributed by atoms with Crippen LogP contribution in [0.4, 0.5) is 4.79 Å². The Morgan fingerprint density at radius 2 is 1.84 bits per heavy atom. The fourth-order valence-electron chi connectivity index (χ4n) is 4.49. The number of likely N-dealkylation sites (N-methyl/N-ethyl adjacent to an activating group) is 1. The van der Waals surface area contributed by atoms with Crippen LogP contribution in [0.1, 0.15) is 25.3 Å². The van der Waals surface area contributed by atoms with E-state index < -0.39 is 18.2 Å². The van der Waals surface area contributed by atoms with Crippen molar-refractivity contribution < 1.29 is 14.4 Å². The minimum absolute atomic E-state index is 0.158. The minimum atomic E-state index is -0.525. The fraction of sp³-hybridized carbons (Fsp3) is 0.545. The topological polar surface area (TPSA) is 88.6 Å². The van der Waals surface area contributed by atoms with E-state index in [-0.39, 0.29) is 11.8 Å². The molecule has 9 nitrogen and oxygen atoms in total. The third kappa shape index (κ3) is 4.22. The highest BCUT2D eigenvalue weighted by atomic mass is 16.2. The molecule has 0 spiro atoms. The third-order valence-electron chi connectivity index (χ3n) is 6.26. The molecule has 1 N–H and O–H groups in total. The highest BCUT2D eigenvalue weighted by Gasteiger charge is 2.49. The first-order chi connectivity index (χ1) is 15.0. The summed E-state index contributed by atoms with van der Waals surface area (Å²) in [5.74, 6) is 0.612. The molecule has 0 aromatic heterocycles. The van der Waals surface area contributed by atoms with Gasteiger partial charge in [-0.15, -0.1) is 0 Å². The maximum Gasteiger partial charge on any atom is 0.325 e. The van der Waals surface area contributed by atoms with Gasteiger partial charge in [-0.3, -0.25) is 14.9 Å². The molecule has 3 heterocycles. The quantitative estimate of drug-likeness (QED) is 0.750. The molecule has 0 aliphatic carbocycles. The van der Waals surface area contributed by atoms with E-state index in [4.69, 9.17) is 4.99 Å². The number of piperazine rings is 1. The number of benzene rings is 1. The molecule has 4 rings (SSSR count). The molecule has 0 saturated carbocycles. The van der Waals surface area contributed by atoms with Crippen LogP contribution in [0.5, 0.6) is 0 Å². The van der Waals surface area contributed by atoms with Crippen LogP contribution in [0.2, 0.25) is 0 Å². The second-order valence-electron chi connectivity index (χ2n) is 8.20. The van der Waals surface area contributed by atoms with Crippen molar-refractivity contribution in [1.82, 2.24) is 24.9 Å². The zero-order valence-electron chi connectivity index (χ0n) is 18.2. The molecule has 1 aromatic carbocycles. The van der Waals surface area contributed by atoms with Crippen molar-refractivity contribution in [3.63, 3.8) is 0 Å². The number of amides is 4. The number of nitrogens with one attached hydrogen (secondary N) is 1. The Labute approximate surface area is 182 Å². The zero-order valence-corrected chi connectivity index (χ0v) is 18.2. The minimum Gasteiger partial charge on any atom is -0.339 e. The van der Waals surface area contributed by atoms with Gasteiger partial charge in [-0.2, -0.15) is 0 Å². The monoisotopic (exact) mass is 426 g/mol. The van der Waals surface area contributed by atoms with E-state index in [1.54, 1.807) is 7.05 Å².